The van der Waals surface area contributed by atoms with E-state index in [-0.39, 0.29) is 11.6 Å². The lowest BCUT2D eigenvalue weighted by Gasteiger charge is -2.11. The third-order valence-corrected chi connectivity index (χ3v) is 8.19. The topological polar surface area (TPSA) is 119 Å². The van der Waals surface area contributed by atoms with Crippen molar-refractivity contribution < 1.29 is 13.2 Å². The highest BCUT2D eigenvalue weighted by molar-refractivity contribution is 7.91. The zero-order valence-electron chi connectivity index (χ0n) is 20.5. The van der Waals surface area contributed by atoms with Crippen LogP contribution in [0.2, 0.25) is 0 Å². The van der Waals surface area contributed by atoms with E-state index < -0.39 is 9.84 Å². The molecule has 2 heterocycles. The van der Waals surface area contributed by atoms with Gasteiger partial charge in [0.05, 0.1) is 22.0 Å². The van der Waals surface area contributed by atoms with Crippen molar-refractivity contribution in [3.05, 3.63) is 96.3 Å². The number of nitrogens with zero attached hydrogens (tertiary/aromatic N) is 2. The Labute approximate surface area is 225 Å². The average Bonchev–Trinajstić information content (AvgIpc) is 3.42. The van der Waals surface area contributed by atoms with Gasteiger partial charge in [-0.3, -0.25) is 4.98 Å². The van der Waals surface area contributed by atoms with Gasteiger partial charge in [-0.2, -0.15) is 0 Å². The summed E-state index contributed by atoms with van der Waals surface area (Å²) in [6.07, 6.45) is 3.62. The van der Waals surface area contributed by atoms with Crippen molar-refractivity contribution in [1.29, 1.82) is 0 Å². The van der Waals surface area contributed by atoms with E-state index >= 15 is 0 Å². The molecule has 0 unspecified atom stereocenters. The summed E-state index contributed by atoms with van der Waals surface area (Å²) in [5.41, 5.74) is 9.05. The number of anilines is 2. The molecule has 0 saturated heterocycles. The van der Waals surface area contributed by atoms with E-state index in [1.54, 1.807) is 17.5 Å². The number of rotatable bonds is 11. The van der Waals surface area contributed by atoms with Gasteiger partial charge in [-0.15, -0.1) is 11.3 Å². The van der Waals surface area contributed by atoms with Gasteiger partial charge in [-0.25, -0.2) is 13.4 Å². The van der Waals surface area contributed by atoms with E-state index in [4.69, 9.17) is 10.5 Å². The van der Waals surface area contributed by atoms with Crippen LogP contribution < -0.4 is 21.1 Å². The smallest absolute Gasteiger partial charge is 0.164 e. The van der Waals surface area contributed by atoms with Crippen molar-refractivity contribution >= 4 is 43.5 Å². The Hall–Kier alpha value is -3.83. The molecule has 0 fully saturated rings. The van der Waals surface area contributed by atoms with Crippen LogP contribution in [-0.2, 0) is 16.4 Å². The number of nitrogens with two attached hydrogens (primary N) is 1. The molecule has 0 saturated carbocycles. The van der Waals surface area contributed by atoms with Gasteiger partial charge in [-0.1, -0.05) is 30.3 Å². The molecule has 5 rings (SSSR count). The van der Waals surface area contributed by atoms with Crippen LogP contribution in [0, 0.1) is 0 Å². The molecule has 0 aliphatic carbocycles. The molecule has 5 aromatic rings. The van der Waals surface area contributed by atoms with Crippen LogP contribution in [0.3, 0.4) is 0 Å². The Bertz CT molecular complexity index is 1620. The molecule has 3 aromatic carbocycles. The zero-order chi connectivity index (χ0) is 26.4. The Morgan fingerprint density at radius 2 is 1.71 bits per heavy atom. The van der Waals surface area contributed by atoms with Crippen LogP contribution in [0.4, 0.5) is 11.4 Å². The van der Waals surface area contributed by atoms with Crippen molar-refractivity contribution in [3.8, 4) is 21.9 Å². The lowest BCUT2D eigenvalue weighted by molar-refractivity contribution is 0.483. The molecule has 0 bridgehead atoms. The number of benzene rings is 3. The van der Waals surface area contributed by atoms with Crippen molar-refractivity contribution in [2.45, 2.75) is 6.54 Å². The van der Waals surface area contributed by atoms with Crippen LogP contribution in [0.5, 0.6) is 11.5 Å². The number of pyridine rings is 1. The molecule has 0 radical (unpaired) electrons. The summed E-state index contributed by atoms with van der Waals surface area (Å²) >= 11 is 1.56. The normalized spacial score (nSPS) is 11.5. The molecule has 0 aliphatic rings. The van der Waals surface area contributed by atoms with Crippen molar-refractivity contribution in [2.75, 3.05) is 23.5 Å². The molecule has 8 nitrogen and oxygen atoms in total. The fourth-order valence-electron chi connectivity index (χ4n) is 3.83. The number of nitrogens with one attached hydrogen (secondary N) is 2. The number of sulfone groups is 1. The largest absolute Gasteiger partial charge is 0.457 e. The van der Waals surface area contributed by atoms with Crippen LogP contribution in [0.1, 0.15) is 5.01 Å². The number of thiazole rings is 1. The molecular weight excluding hydrogens is 518 g/mol. The molecule has 2 aromatic heterocycles. The van der Waals surface area contributed by atoms with Crippen molar-refractivity contribution in [1.82, 2.24) is 15.3 Å². The lowest BCUT2D eigenvalue weighted by Crippen LogP contribution is -2.26. The van der Waals surface area contributed by atoms with Crippen LogP contribution in [0.25, 0.3) is 21.3 Å². The second kappa shape index (κ2) is 11.7. The van der Waals surface area contributed by atoms with E-state index in [1.165, 1.54) is 0 Å². The molecule has 10 heteroatoms. The highest BCUT2D eigenvalue weighted by Crippen LogP contribution is 2.32. The van der Waals surface area contributed by atoms with Gasteiger partial charge in [0.2, 0.25) is 0 Å². The van der Waals surface area contributed by atoms with E-state index in [0.29, 0.717) is 13.1 Å². The second-order valence-corrected chi connectivity index (χ2v) is 11.9. The van der Waals surface area contributed by atoms with Crippen molar-refractivity contribution in [2.24, 2.45) is 5.73 Å². The standard InChI is InChI=1S/C28H27N5O3S2/c29-19-38(34,35)15-14-30-18-28-32-17-27(37-28)20-6-11-24-25(12-13-31-26(24)16-20)33-21-7-9-23(10-8-21)36-22-4-2-1-3-5-22/h1-13,16-17,30H,14-15,18-19,29H2,(H,31,33). The minimum Gasteiger partial charge on any atom is -0.457 e. The number of para-hydroxylation sites is 1. The Balaban J connectivity index is 1.25. The maximum Gasteiger partial charge on any atom is 0.164 e. The number of fused-ring (bicyclic) bond motifs is 1. The molecular formula is C28H27N5O3S2. The molecule has 0 spiro atoms. The van der Waals surface area contributed by atoms with Gasteiger partial charge < -0.3 is 21.1 Å². The third kappa shape index (κ3) is 6.53. The van der Waals surface area contributed by atoms with Gasteiger partial charge in [0, 0.05) is 42.2 Å². The predicted octanol–water partition coefficient (Wildman–Crippen LogP) is 5.31. The number of hydrogen-bond acceptors (Lipinski definition) is 9. The SMILES string of the molecule is NCS(=O)(=O)CCNCc1ncc(-c2ccc3c(Nc4ccc(Oc5ccccc5)cc4)ccnc3c2)s1. The molecule has 0 atom stereocenters. The maximum atomic E-state index is 11.5. The number of ether oxygens (including phenoxy) is 1. The van der Waals surface area contributed by atoms with Crippen molar-refractivity contribution in [3.63, 3.8) is 0 Å². The summed E-state index contributed by atoms with van der Waals surface area (Å²) in [6, 6.07) is 25.7. The van der Waals surface area contributed by atoms with Gasteiger partial charge in [0.15, 0.2) is 9.84 Å². The molecule has 4 N–H and O–H groups in total. The second-order valence-electron chi connectivity index (χ2n) is 8.56. The monoisotopic (exact) mass is 545 g/mol. The summed E-state index contributed by atoms with van der Waals surface area (Å²) in [7, 11) is -3.19. The Kier molecular flexibility index (Phi) is 7.94. The molecule has 0 aliphatic heterocycles. The summed E-state index contributed by atoms with van der Waals surface area (Å²) in [4.78, 5) is 10.1. The first-order valence-electron chi connectivity index (χ1n) is 12.0. The minimum absolute atomic E-state index is 0.0139. The van der Waals surface area contributed by atoms with E-state index in [9.17, 15) is 8.42 Å². The van der Waals surface area contributed by atoms with Gasteiger partial charge in [0.25, 0.3) is 0 Å². The maximum absolute atomic E-state index is 11.5. The summed E-state index contributed by atoms with van der Waals surface area (Å²) < 4.78 is 28.9. The predicted molar refractivity (Wildman–Crippen MR) is 154 cm³/mol. The number of aromatic nitrogens is 2. The molecule has 0 amide bonds. The lowest BCUT2D eigenvalue weighted by atomic mass is 10.1. The van der Waals surface area contributed by atoms with E-state index in [0.717, 1.165) is 49.2 Å². The zero-order valence-corrected chi connectivity index (χ0v) is 22.1. The molecule has 38 heavy (non-hydrogen) atoms. The summed E-state index contributed by atoms with van der Waals surface area (Å²) in [6.45, 7) is 0.840. The van der Waals surface area contributed by atoms with Crippen LogP contribution in [0.15, 0.2) is 91.3 Å². The fourth-order valence-corrected chi connectivity index (χ4v) is 5.33. The first kappa shape index (κ1) is 25.8. The summed E-state index contributed by atoms with van der Waals surface area (Å²) in [5.74, 6) is 1.25. The van der Waals surface area contributed by atoms with E-state index in [2.05, 4.69) is 38.8 Å². The summed E-state index contributed by atoms with van der Waals surface area (Å²) in [5, 5.41) is 8.49. The van der Waals surface area contributed by atoms with Gasteiger partial charge in [-0.05, 0) is 54.1 Å². The average molecular weight is 546 g/mol. The van der Waals surface area contributed by atoms with Crippen LogP contribution >= 0.6 is 11.3 Å². The van der Waals surface area contributed by atoms with Gasteiger partial charge in [0.1, 0.15) is 16.5 Å². The third-order valence-electron chi connectivity index (χ3n) is 5.81. The number of hydrogen-bond donors (Lipinski definition) is 3. The Morgan fingerprint density at radius 3 is 2.50 bits per heavy atom. The Morgan fingerprint density at radius 1 is 0.921 bits per heavy atom. The highest BCUT2D eigenvalue weighted by atomic mass is 32.2. The van der Waals surface area contributed by atoms with Crippen LogP contribution in [-0.4, -0.2) is 36.6 Å². The fraction of sp³-hybridized carbons (Fsp3) is 0.143. The highest BCUT2D eigenvalue weighted by Gasteiger charge is 2.10. The molecule has 194 valence electrons. The minimum atomic E-state index is -3.19. The first-order valence-corrected chi connectivity index (χ1v) is 14.7. The first-order chi connectivity index (χ1) is 18.5. The van der Waals surface area contributed by atoms with Gasteiger partial charge >= 0.3 is 0 Å². The van der Waals surface area contributed by atoms with E-state index in [1.807, 2.05) is 66.9 Å². The quantitative estimate of drug-likeness (QED) is 0.191.